The monoisotopic (exact) mass is 278 g/mol. The van der Waals surface area contributed by atoms with Crippen molar-refractivity contribution >= 4 is 0 Å². The first kappa shape index (κ1) is 13.8. The zero-order valence-corrected chi connectivity index (χ0v) is 12.1. The van der Waals surface area contributed by atoms with Crippen molar-refractivity contribution in [1.29, 1.82) is 0 Å². The lowest BCUT2D eigenvalue weighted by Crippen LogP contribution is -2.47. The molecule has 3 nitrogen and oxygen atoms in total. The molecular formula is C16H23FN2O. The molecule has 0 amide bonds. The van der Waals surface area contributed by atoms with Crippen molar-refractivity contribution in [2.75, 3.05) is 33.3 Å². The maximum atomic E-state index is 13.6. The van der Waals surface area contributed by atoms with Crippen molar-refractivity contribution in [3.8, 4) is 5.75 Å². The van der Waals surface area contributed by atoms with Crippen molar-refractivity contribution < 1.29 is 9.13 Å². The van der Waals surface area contributed by atoms with Crippen molar-refractivity contribution in [2.45, 2.75) is 25.3 Å². The van der Waals surface area contributed by atoms with Crippen molar-refractivity contribution in [3.05, 3.63) is 29.6 Å². The zero-order chi connectivity index (χ0) is 13.9. The molecule has 1 aliphatic heterocycles. The Labute approximate surface area is 120 Å². The van der Waals surface area contributed by atoms with E-state index in [-0.39, 0.29) is 5.82 Å². The minimum Gasteiger partial charge on any atom is -0.494 e. The van der Waals surface area contributed by atoms with E-state index >= 15 is 0 Å². The normalized spacial score (nSPS) is 22.3. The minimum absolute atomic E-state index is 0.274. The molecule has 2 fully saturated rings. The number of nitrogens with zero attached hydrogens (tertiary/aromatic N) is 1. The van der Waals surface area contributed by atoms with Crippen LogP contribution in [0.4, 0.5) is 4.39 Å². The number of hydrogen-bond donors (Lipinski definition) is 1. The molecule has 0 bridgehead atoms. The van der Waals surface area contributed by atoms with E-state index in [4.69, 9.17) is 4.74 Å². The second-order valence-corrected chi connectivity index (χ2v) is 5.82. The van der Waals surface area contributed by atoms with Gasteiger partial charge in [0, 0.05) is 32.2 Å². The summed E-state index contributed by atoms with van der Waals surface area (Å²) < 4.78 is 18.8. The molecule has 1 saturated heterocycles. The molecule has 0 aromatic heterocycles. The third kappa shape index (κ3) is 2.67. The number of hydrogen-bond acceptors (Lipinski definition) is 3. The van der Waals surface area contributed by atoms with E-state index in [2.05, 4.69) is 10.2 Å². The molecule has 1 aliphatic carbocycles. The molecule has 1 aromatic carbocycles. The second-order valence-electron chi connectivity index (χ2n) is 5.82. The van der Waals surface area contributed by atoms with Crippen LogP contribution >= 0.6 is 0 Å². The Morgan fingerprint density at radius 3 is 2.65 bits per heavy atom. The average Bonchev–Trinajstić information content (AvgIpc) is 2.44. The lowest BCUT2D eigenvalue weighted by Gasteiger charge is -2.43. The van der Waals surface area contributed by atoms with Crippen LogP contribution in [-0.2, 0) is 0 Å². The molecular weight excluding hydrogens is 255 g/mol. The van der Waals surface area contributed by atoms with E-state index in [1.165, 1.54) is 31.9 Å². The van der Waals surface area contributed by atoms with Crippen LogP contribution in [0, 0.1) is 11.7 Å². The van der Waals surface area contributed by atoms with Gasteiger partial charge in [0.2, 0.25) is 0 Å². The van der Waals surface area contributed by atoms with Crippen LogP contribution in [-0.4, -0.2) is 38.2 Å². The molecule has 2 aliphatic rings. The summed E-state index contributed by atoms with van der Waals surface area (Å²) in [5.41, 5.74) is 1.20. The van der Waals surface area contributed by atoms with Crippen LogP contribution in [0.2, 0.25) is 0 Å². The standard InChI is InChI=1S/C16H23FN2O/c1-20-15-11-13(5-6-14(15)17)16(12-3-2-4-12)19-9-7-18-8-10-19/h5-6,11-12,16,18H,2-4,7-10H2,1H3/t16-/m0/s1. The van der Waals surface area contributed by atoms with Gasteiger partial charge in [-0.3, -0.25) is 4.90 Å². The predicted molar refractivity (Wildman–Crippen MR) is 77.5 cm³/mol. The molecule has 1 saturated carbocycles. The van der Waals surface area contributed by atoms with Gasteiger partial charge in [-0.25, -0.2) is 4.39 Å². The molecule has 20 heavy (non-hydrogen) atoms. The molecule has 0 unspecified atom stereocenters. The second kappa shape index (κ2) is 6.10. The lowest BCUT2D eigenvalue weighted by molar-refractivity contribution is 0.0835. The number of nitrogens with one attached hydrogen (secondary N) is 1. The number of ether oxygens (including phenoxy) is 1. The highest BCUT2D eigenvalue weighted by Crippen LogP contribution is 2.42. The lowest BCUT2D eigenvalue weighted by atomic mass is 9.76. The fraction of sp³-hybridized carbons (Fsp3) is 0.625. The van der Waals surface area contributed by atoms with Crippen molar-refractivity contribution in [1.82, 2.24) is 10.2 Å². The van der Waals surface area contributed by atoms with Gasteiger partial charge in [-0.05, 0) is 36.5 Å². The quantitative estimate of drug-likeness (QED) is 0.916. The summed E-state index contributed by atoms with van der Waals surface area (Å²) in [4.78, 5) is 2.55. The van der Waals surface area contributed by atoms with Crippen molar-refractivity contribution in [3.63, 3.8) is 0 Å². The van der Waals surface area contributed by atoms with E-state index in [1.807, 2.05) is 12.1 Å². The van der Waals surface area contributed by atoms with Gasteiger partial charge in [-0.1, -0.05) is 12.5 Å². The molecule has 4 heteroatoms. The number of halogens is 1. The first-order valence-electron chi connectivity index (χ1n) is 7.58. The van der Waals surface area contributed by atoms with Crippen molar-refractivity contribution in [2.24, 2.45) is 5.92 Å². The molecule has 1 atom stereocenters. The third-order valence-electron chi connectivity index (χ3n) is 4.66. The maximum Gasteiger partial charge on any atom is 0.165 e. The Morgan fingerprint density at radius 1 is 1.30 bits per heavy atom. The fourth-order valence-corrected chi connectivity index (χ4v) is 3.36. The summed E-state index contributed by atoms with van der Waals surface area (Å²) >= 11 is 0. The van der Waals surface area contributed by atoms with E-state index in [0.29, 0.717) is 17.7 Å². The van der Waals surface area contributed by atoms with Crippen LogP contribution in [0.25, 0.3) is 0 Å². The van der Waals surface area contributed by atoms with Crippen LogP contribution in [0.5, 0.6) is 5.75 Å². The highest BCUT2D eigenvalue weighted by Gasteiger charge is 2.33. The van der Waals surface area contributed by atoms with Gasteiger partial charge in [0.15, 0.2) is 11.6 Å². The summed E-state index contributed by atoms with van der Waals surface area (Å²) in [7, 11) is 1.53. The van der Waals surface area contributed by atoms with Gasteiger partial charge >= 0.3 is 0 Å². The maximum absolute atomic E-state index is 13.6. The van der Waals surface area contributed by atoms with E-state index in [0.717, 1.165) is 26.2 Å². The number of benzene rings is 1. The van der Waals surface area contributed by atoms with Crippen LogP contribution in [0.15, 0.2) is 18.2 Å². The Balaban J connectivity index is 1.87. The van der Waals surface area contributed by atoms with Crippen LogP contribution in [0.1, 0.15) is 30.9 Å². The predicted octanol–water partition coefficient (Wildman–Crippen LogP) is 2.58. The molecule has 3 rings (SSSR count). The minimum atomic E-state index is -0.274. The summed E-state index contributed by atoms with van der Waals surface area (Å²) in [5, 5.41) is 3.40. The van der Waals surface area contributed by atoms with Gasteiger partial charge in [-0.2, -0.15) is 0 Å². The first-order chi connectivity index (χ1) is 9.79. The van der Waals surface area contributed by atoms with E-state index in [9.17, 15) is 4.39 Å². The number of rotatable bonds is 4. The summed E-state index contributed by atoms with van der Waals surface area (Å²) in [6.07, 6.45) is 3.90. The third-order valence-corrected chi connectivity index (χ3v) is 4.66. The molecule has 1 heterocycles. The first-order valence-corrected chi connectivity index (χ1v) is 7.58. The van der Waals surface area contributed by atoms with Gasteiger partial charge in [-0.15, -0.1) is 0 Å². The van der Waals surface area contributed by atoms with E-state index in [1.54, 1.807) is 6.07 Å². The van der Waals surface area contributed by atoms with Gasteiger partial charge in [0.05, 0.1) is 7.11 Å². The largest absolute Gasteiger partial charge is 0.494 e. The Kier molecular flexibility index (Phi) is 4.22. The van der Waals surface area contributed by atoms with Gasteiger partial charge in [0.25, 0.3) is 0 Å². The summed E-state index contributed by atoms with van der Waals surface area (Å²) in [6, 6.07) is 5.78. The highest BCUT2D eigenvalue weighted by molar-refractivity contribution is 5.33. The molecule has 0 radical (unpaired) electrons. The highest BCUT2D eigenvalue weighted by atomic mass is 19.1. The average molecular weight is 278 g/mol. The SMILES string of the molecule is COc1cc([C@H](C2CCC2)N2CCNCC2)ccc1F. The molecule has 0 spiro atoms. The number of methoxy groups -OCH3 is 1. The Hall–Kier alpha value is -1.13. The summed E-state index contributed by atoms with van der Waals surface area (Å²) in [6.45, 7) is 4.23. The molecule has 1 aromatic rings. The zero-order valence-electron chi connectivity index (χ0n) is 12.1. The smallest absolute Gasteiger partial charge is 0.165 e. The topological polar surface area (TPSA) is 24.5 Å². The molecule has 1 N–H and O–H groups in total. The number of piperazine rings is 1. The Morgan fingerprint density at radius 2 is 2.05 bits per heavy atom. The van der Waals surface area contributed by atoms with Crippen LogP contribution < -0.4 is 10.1 Å². The van der Waals surface area contributed by atoms with Gasteiger partial charge < -0.3 is 10.1 Å². The van der Waals surface area contributed by atoms with Crippen LogP contribution in [0.3, 0.4) is 0 Å². The Bertz CT molecular complexity index is 456. The molecule has 110 valence electrons. The van der Waals surface area contributed by atoms with Gasteiger partial charge in [0.1, 0.15) is 0 Å². The fourth-order valence-electron chi connectivity index (χ4n) is 3.36. The summed E-state index contributed by atoms with van der Waals surface area (Å²) in [5.74, 6) is 0.800. The van der Waals surface area contributed by atoms with E-state index < -0.39 is 0 Å².